The summed E-state index contributed by atoms with van der Waals surface area (Å²) in [6.07, 6.45) is 4.49. The Kier molecular flexibility index (Phi) is 4.35. The lowest BCUT2D eigenvalue weighted by Gasteiger charge is -2.23. The maximum Gasteiger partial charge on any atom is 0.246 e. The number of aromatic nitrogens is 5. The van der Waals surface area contributed by atoms with Gasteiger partial charge in [-0.25, -0.2) is 9.67 Å². The van der Waals surface area contributed by atoms with Gasteiger partial charge in [0.05, 0.1) is 17.2 Å². The molecule has 2 amide bonds. The monoisotopic (exact) mass is 367 g/mol. The zero-order valence-corrected chi connectivity index (χ0v) is 15.3. The minimum Gasteiger partial charge on any atom is -0.331 e. The molecular formula is C18H21N7O2. The van der Waals surface area contributed by atoms with E-state index in [1.807, 2.05) is 36.7 Å². The van der Waals surface area contributed by atoms with Crippen LogP contribution in [-0.2, 0) is 23.2 Å². The van der Waals surface area contributed by atoms with Gasteiger partial charge in [-0.05, 0) is 38.0 Å². The van der Waals surface area contributed by atoms with E-state index < -0.39 is 0 Å². The molecule has 1 aromatic carbocycles. The molecule has 27 heavy (non-hydrogen) atoms. The van der Waals surface area contributed by atoms with Gasteiger partial charge in [-0.2, -0.15) is 0 Å². The van der Waals surface area contributed by atoms with Gasteiger partial charge in [-0.3, -0.25) is 9.59 Å². The highest BCUT2D eigenvalue weighted by atomic mass is 16.2. The second-order valence-electron chi connectivity index (χ2n) is 6.89. The summed E-state index contributed by atoms with van der Waals surface area (Å²) >= 11 is 0. The number of fused-ring (bicyclic) bond motifs is 1. The first kappa shape index (κ1) is 17.2. The third kappa shape index (κ3) is 3.53. The van der Waals surface area contributed by atoms with E-state index in [9.17, 15) is 9.59 Å². The van der Waals surface area contributed by atoms with Gasteiger partial charge >= 0.3 is 0 Å². The summed E-state index contributed by atoms with van der Waals surface area (Å²) in [5.74, 6) is 1.08. The molecule has 2 aromatic heterocycles. The van der Waals surface area contributed by atoms with Gasteiger partial charge in [0.1, 0.15) is 12.4 Å². The minimum absolute atomic E-state index is 0.00554. The van der Waals surface area contributed by atoms with Crippen molar-refractivity contribution in [1.29, 1.82) is 0 Å². The van der Waals surface area contributed by atoms with Crippen LogP contribution in [0.15, 0.2) is 24.4 Å². The largest absolute Gasteiger partial charge is 0.331 e. The van der Waals surface area contributed by atoms with Crippen LogP contribution in [0.25, 0.3) is 11.0 Å². The highest BCUT2D eigenvalue weighted by Gasteiger charge is 2.25. The topological polar surface area (TPSA) is 107 Å². The normalized spacial score (nSPS) is 14.1. The number of nitrogens with zero attached hydrogens (tertiary/aromatic N) is 5. The fraction of sp³-hybridized carbons (Fsp3) is 0.389. The van der Waals surface area contributed by atoms with Crippen molar-refractivity contribution in [1.82, 2.24) is 24.5 Å². The van der Waals surface area contributed by atoms with E-state index in [4.69, 9.17) is 0 Å². The summed E-state index contributed by atoms with van der Waals surface area (Å²) in [6, 6.07) is 5.60. The number of nitrogens with one attached hydrogen (secondary N) is 2. The Morgan fingerprint density at radius 1 is 1.26 bits per heavy atom. The Morgan fingerprint density at radius 2 is 2.07 bits per heavy atom. The maximum absolute atomic E-state index is 12.3. The first-order chi connectivity index (χ1) is 13.0. The second-order valence-corrected chi connectivity index (χ2v) is 6.89. The van der Waals surface area contributed by atoms with E-state index in [0.29, 0.717) is 11.5 Å². The standard InChI is InChI=1S/C18H21N7O2/c1-11-19-14-8-13(6-7-15(14)24(11)2)20-17(26)10-25-9-16(22-23-25)21-18(27)12-4-3-5-12/h6-9,12H,3-5,10H2,1-2H3,(H,20,26)(H,21,27). The molecule has 4 rings (SSSR count). The number of rotatable bonds is 5. The lowest BCUT2D eigenvalue weighted by molar-refractivity contribution is -0.122. The van der Waals surface area contributed by atoms with Crippen LogP contribution < -0.4 is 10.6 Å². The molecule has 140 valence electrons. The average molecular weight is 367 g/mol. The van der Waals surface area contributed by atoms with Gasteiger partial charge in [0, 0.05) is 18.7 Å². The Bertz CT molecular complexity index is 1020. The molecule has 0 spiro atoms. The number of anilines is 2. The fourth-order valence-electron chi connectivity index (χ4n) is 3.08. The smallest absolute Gasteiger partial charge is 0.246 e. The van der Waals surface area contributed by atoms with Crippen LogP contribution in [0.3, 0.4) is 0 Å². The zero-order chi connectivity index (χ0) is 19.0. The summed E-state index contributed by atoms with van der Waals surface area (Å²) in [5.41, 5.74) is 2.51. The lowest BCUT2D eigenvalue weighted by atomic mass is 9.85. The quantitative estimate of drug-likeness (QED) is 0.716. The predicted molar refractivity (Wildman–Crippen MR) is 100 cm³/mol. The molecule has 2 N–H and O–H groups in total. The van der Waals surface area contributed by atoms with Gasteiger partial charge in [0.15, 0.2) is 5.82 Å². The number of benzene rings is 1. The molecule has 0 bridgehead atoms. The van der Waals surface area contributed by atoms with Gasteiger partial charge in [-0.15, -0.1) is 5.10 Å². The SMILES string of the molecule is Cc1nc2cc(NC(=O)Cn3cc(NC(=O)C4CCC4)nn3)ccc2n1C. The zero-order valence-electron chi connectivity index (χ0n) is 15.3. The highest BCUT2D eigenvalue weighted by Crippen LogP contribution is 2.27. The summed E-state index contributed by atoms with van der Waals surface area (Å²) in [4.78, 5) is 28.7. The molecule has 1 aliphatic carbocycles. The third-order valence-corrected chi connectivity index (χ3v) is 4.96. The molecule has 0 radical (unpaired) electrons. The number of aryl methyl sites for hydroxylation is 2. The van der Waals surface area contributed by atoms with Crippen LogP contribution in [0.4, 0.5) is 11.5 Å². The van der Waals surface area contributed by atoms with Crippen LogP contribution in [0, 0.1) is 12.8 Å². The summed E-state index contributed by atoms with van der Waals surface area (Å²) in [6.45, 7) is 1.94. The number of carbonyl (C=O) groups is 2. The molecule has 0 atom stereocenters. The van der Waals surface area contributed by atoms with Crippen LogP contribution in [0.1, 0.15) is 25.1 Å². The average Bonchev–Trinajstić information content (AvgIpc) is 3.10. The minimum atomic E-state index is -0.233. The van der Waals surface area contributed by atoms with Crippen molar-refractivity contribution in [3.8, 4) is 0 Å². The van der Waals surface area contributed by atoms with Crippen molar-refractivity contribution in [3.63, 3.8) is 0 Å². The van der Waals surface area contributed by atoms with Crippen LogP contribution in [-0.4, -0.2) is 36.4 Å². The molecule has 2 heterocycles. The van der Waals surface area contributed by atoms with E-state index in [-0.39, 0.29) is 24.3 Å². The fourth-order valence-corrected chi connectivity index (χ4v) is 3.08. The van der Waals surface area contributed by atoms with Crippen molar-refractivity contribution >= 4 is 34.4 Å². The number of hydrogen-bond acceptors (Lipinski definition) is 5. The molecule has 1 saturated carbocycles. The van der Waals surface area contributed by atoms with Crippen LogP contribution >= 0.6 is 0 Å². The van der Waals surface area contributed by atoms with E-state index in [1.54, 1.807) is 6.20 Å². The van der Waals surface area contributed by atoms with Crippen molar-refractivity contribution in [2.75, 3.05) is 10.6 Å². The molecule has 0 saturated heterocycles. The first-order valence-electron chi connectivity index (χ1n) is 8.93. The molecule has 0 unspecified atom stereocenters. The molecule has 1 aliphatic rings. The molecule has 0 aliphatic heterocycles. The van der Waals surface area contributed by atoms with Gasteiger partial charge in [0.25, 0.3) is 0 Å². The molecule has 9 nitrogen and oxygen atoms in total. The first-order valence-corrected chi connectivity index (χ1v) is 8.93. The highest BCUT2D eigenvalue weighted by molar-refractivity contribution is 5.93. The third-order valence-electron chi connectivity index (χ3n) is 4.96. The molecule has 1 fully saturated rings. The van der Waals surface area contributed by atoms with Crippen molar-refractivity contribution in [2.24, 2.45) is 13.0 Å². The maximum atomic E-state index is 12.3. The Hall–Kier alpha value is -3.23. The van der Waals surface area contributed by atoms with E-state index in [0.717, 1.165) is 36.1 Å². The van der Waals surface area contributed by atoms with Gasteiger partial charge in [0.2, 0.25) is 11.8 Å². The number of imidazole rings is 1. The Balaban J connectivity index is 1.37. The lowest BCUT2D eigenvalue weighted by Crippen LogP contribution is -2.28. The number of carbonyl (C=O) groups excluding carboxylic acids is 2. The molecule has 9 heteroatoms. The Morgan fingerprint density at radius 3 is 2.81 bits per heavy atom. The van der Waals surface area contributed by atoms with Crippen LogP contribution in [0.5, 0.6) is 0 Å². The van der Waals surface area contributed by atoms with Crippen molar-refractivity contribution < 1.29 is 9.59 Å². The summed E-state index contributed by atoms with van der Waals surface area (Å²) in [5, 5.41) is 13.4. The molecular weight excluding hydrogens is 346 g/mol. The van der Waals surface area contributed by atoms with Gasteiger partial charge < -0.3 is 15.2 Å². The van der Waals surface area contributed by atoms with E-state index in [2.05, 4.69) is 25.9 Å². The van der Waals surface area contributed by atoms with E-state index in [1.165, 1.54) is 4.68 Å². The van der Waals surface area contributed by atoms with E-state index >= 15 is 0 Å². The van der Waals surface area contributed by atoms with Crippen molar-refractivity contribution in [2.45, 2.75) is 32.7 Å². The predicted octanol–water partition coefficient (Wildman–Crippen LogP) is 1.85. The van der Waals surface area contributed by atoms with Crippen LogP contribution in [0.2, 0.25) is 0 Å². The molecule has 3 aromatic rings. The van der Waals surface area contributed by atoms with Crippen molar-refractivity contribution in [3.05, 3.63) is 30.2 Å². The second kappa shape index (κ2) is 6.82. The Labute approximate surface area is 155 Å². The number of hydrogen-bond donors (Lipinski definition) is 2. The van der Waals surface area contributed by atoms with Gasteiger partial charge in [-0.1, -0.05) is 11.6 Å². The summed E-state index contributed by atoms with van der Waals surface area (Å²) < 4.78 is 3.39. The number of amides is 2. The summed E-state index contributed by atoms with van der Waals surface area (Å²) in [7, 11) is 1.95.